The molecule has 0 saturated heterocycles. The maximum absolute atomic E-state index is 15.5. The van der Waals surface area contributed by atoms with E-state index in [1.54, 1.807) is 49.5 Å². The van der Waals surface area contributed by atoms with E-state index in [-0.39, 0.29) is 48.3 Å². The number of benzene rings is 3. The van der Waals surface area contributed by atoms with Crippen LogP contribution < -0.4 is 4.74 Å². The van der Waals surface area contributed by atoms with Gasteiger partial charge in [-0.15, -0.1) is 0 Å². The molecule has 6 aromatic rings. The van der Waals surface area contributed by atoms with Gasteiger partial charge in [0, 0.05) is 53.5 Å². The van der Waals surface area contributed by atoms with E-state index in [0.717, 1.165) is 11.1 Å². The second-order valence-corrected chi connectivity index (χ2v) is 9.83. The van der Waals surface area contributed by atoms with E-state index in [9.17, 15) is 13.6 Å². The van der Waals surface area contributed by atoms with E-state index in [1.165, 1.54) is 18.3 Å². The molecule has 0 aliphatic carbocycles. The Morgan fingerprint density at radius 1 is 1.05 bits per heavy atom. The van der Waals surface area contributed by atoms with Gasteiger partial charge < -0.3 is 18.9 Å². The summed E-state index contributed by atoms with van der Waals surface area (Å²) in [5.74, 6) is -2.93. The van der Waals surface area contributed by atoms with Gasteiger partial charge in [-0.05, 0) is 54.1 Å². The third-order valence-electron chi connectivity index (χ3n) is 7.34. The van der Waals surface area contributed by atoms with E-state index in [1.807, 2.05) is 23.6 Å². The van der Waals surface area contributed by atoms with Gasteiger partial charge in [-0.25, -0.2) is 18.2 Å². The quantitative estimate of drug-likeness (QED) is 0.194. The molecule has 0 radical (unpaired) electrons. The van der Waals surface area contributed by atoms with Crippen LogP contribution in [0.2, 0.25) is 0 Å². The fraction of sp³-hybridized carbons (Fsp3) is 0.188. The van der Waals surface area contributed by atoms with Gasteiger partial charge in [0.25, 0.3) is 0 Å². The molecule has 6 rings (SSSR count). The van der Waals surface area contributed by atoms with Crippen molar-refractivity contribution >= 4 is 33.3 Å². The van der Waals surface area contributed by atoms with Crippen LogP contribution in [0.5, 0.6) is 11.5 Å². The number of aromatic nitrogens is 3. The molecule has 208 valence electrons. The van der Waals surface area contributed by atoms with Gasteiger partial charge in [0.1, 0.15) is 17.2 Å². The molecule has 3 aromatic heterocycles. The normalized spacial score (nSPS) is 12.3. The van der Waals surface area contributed by atoms with E-state index in [4.69, 9.17) is 9.47 Å². The standard InChI is InChI=1S/C32H26F3N3O3/c1-3-40-28(39)10-8-20-5-4-6-22(29(20)34)18(2)27-17-37-32-24-15-21(9-7-19(24)12-14-38(27)32)41-31-25(33)16-26-23(30(31)35)11-13-36-26/h4-7,9,11-18,36H,3,8,10H2,1-2H3. The van der Waals surface area contributed by atoms with Crippen molar-refractivity contribution < 1.29 is 27.4 Å². The fourth-order valence-corrected chi connectivity index (χ4v) is 5.22. The number of hydrogen-bond donors (Lipinski definition) is 1. The van der Waals surface area contributed by atoms with Crippen molar-refractivity contribution in [2.75, 3.05) is 6.61 Å². The lowest BCUT2D eigenvalue weighted by molar-refractivity contribution is -0.143. The molecule has 1 unspecified atom stereocenters. The average Bonchev–Trinajstić information content (AvgIpc) is 3.62. The second kappa shape index (κ2) is 10.6. The lowest BCUT2D eigenvalue weighted by Gasteiger charge is -2.16. The van der Waals surface area contributed by atoms with Crippen LogP contribution >= 0.6 is 0 Å². The lowest BCUT2D eigenvalue weighted by atomic mass is 9.94. The number of halogens is 3. The molecule has 3 heterocycles. The van der Waals surface area contributed by atoms with Gasteiger partial charge in [-0.1, -0.05) is 31.2 Å². The summed E-state index contributed by atoms with van der Waals surface area (Å²) in [5, 5.41) is 1.79. The summed E-state index contributed by atoms with van der Waals surface area (Å²) in [6.45, 7) is 3.91. The first-order valence-corrected chi connectivity index (χ1v) is 13.3. The van der Waals surface area contributed by atoms with Crippen LogP contribution in [-0.2, 0) is 16.0 Å². The molecule has 0 amide bonds. The van der Waals surface area contributed by atoms with Crippen molar-refractivity contribution in [3.8, 4) is 11.5 Å². The SMILES string of the molecule is CCOC(=O)CCc1cccc(C(C)c2cnc3c4cc(Oc5c(F)cc6[nH]ccc6c5F)ccc4ccn23)c1F. The smallest absolute Gasteiger partial charge is 0.306 e. The van der Waals surface area contributed by atoms with Crippen LogP contribution in [0.4, 0.5) is 13.2 Å². The molecule has 0 fully saturated rings. The molecular weight excluding hydrogens is 531 g/mol. The van der Waals surface area contributed by atoms with Crippen LogP contribution in [-0.4, -0.2) is 26.9 Å². The molecule has 1 N–H and O–H groups in total. The van der Waals surface area contributed by atoms with Crippen molar-refractivity contribution in [1.82, 2.24) is 14.4 Å². The number of aromatic amines is 1. The van der Waals surface area contributed by atoms with Crippen molar-refractivity contribution in [1.29, 1.82) is 0 Å². The summed E-state index contributed by atoms with van der Waals surface area (Å²) in [4.78, 5) is 19.2. The zero-order valence-electron chi connectivity index (χ0n) is 22.4. The van der Waals surface area contributed by atoms with Crippen LogP contribution in [0.25, 0.3) is 27.3 Å². The number of pyridine rings is 1. The topological polar surface area (TPSA) is 68.6 Å². The molecule has 0 aliphatic heterocycles. The Bertz CT molecular complexity index is 1930. The summed E-state index contributed by atoms with van der Waals surface area (Å²) in [5.41, 5.74) is 2.62. The number of fused-ring (bicyclic) bond motifs is 4. The minimum absolute atomic E-state index is 0.0987. The van der Waals surface area contributed by atoms with Gasteiger partial charge in [0.05, 0.1) is 12.1 Å². The van der Waals surface area contributed by atoms with Crippen LogP contribution in [0, 0.1) is 17.5 Å². The molecule has 41 heavy (non-hydrogen) atoms. The Hall–Kier alpha value is -4.79. The monoisotopic (exact) mass is 557 g/mol. The Balaban J connectivity index is 1.34. The molecule has 0 spiro atoms. The van der Waals surface area contributed by atoms with Crippen LogP contribution in [0.1, 0.15) is 43.0 Å². The van der Waals surface area contributed by atoms with E-state index in [2.05, 4.69) is 9.97 Å². The van der Waals surface area contributed by atoms with E-state index < -0.39 is 17.4 Å². The molecule has 9 heteroatoms. The molecule has 1 atom stereocenters. The highest BCUT2D eigenvalue weighted by atomic mass is 19.1. The van der Waals surface area contributed by atoms with Crippen molar-refractivity contribution in [3.05, 3.63) is 107 Å². The molecule has 0 aliphatic rings. The van der Waals surface area contributed by atoms with Gasteiger partial charge in [0.2, 0.25) is 0 Å². The largest absolute Gasteiger partial charge is 0.466 e. The number of esters is 1. The van der Waals surface area contributed by atoms with Crippen molar-refractivity contribution in [2.45, 2.75) is 32.6 Å². The zero-order valence-corrected chi connectivity index (χ0v) is 22.4. The number of nitrogens with one attached hydrogen (secondary N) is 1. The number of imidazole rings is 1. The van der Waals surface area contributed by atoms with Crippen LogP contribution in [0.3, 0.4) is 0 Å². The second-order valence-electron chi connectivity index (χ2n) is 9.83. The number of carbonyl (C=O) groups is 1. The fourth-order valence-electron chi connectivity index (χ4n) is 5.22. The number of hydrogen-bond acceptors (Lipinski definition) is 4. The summed E-state index contributed by atoms with van der Waals surface area (Å²) in [6, 6.07) is 14.9. The minimum Gasteiger partial charge on any atom is -0.466 e. The van der Waals surface area contributed by atoms with Gasteiger partial charge in [-0.2, -0.15) is 0 Å². The number of aryl methyl sites for hydroxylation is 1. The molecule has 0 saturated carbocycles. The van der Waals surface area contributed by atoms with Gasteiger partial charge in [-0.3, -0.25) is 4.79 Å². The predicted octanol–water partition coefficient (Wildman–Crippen LogP) is 7.83. The van der Waals surface area contributed by atoms with E-state index in [0.29, 0.717) is 27.7 Å². The molecular formula is C32H26F3N3O3. The van der Waals surface area contributed by atoms with Crippen molar-refractivity contribution in [2.24, 2.45) is 0 Å². The lowest BCUT2D eigenvalue weighted by Crippen LogP contribution is -2.08. The highest BCUT2D eigenvalue weighted by molar-refractivity contribution is 5.95. The summed E-state index contributed by atoms with van der Waals surface area (Å²) >= 11 is 0. The third kappa shape index (κ3) is 4.77. The minimum atomic E-state index is -0.820. The predicted molar refractivity (Wildman–Crippen MR) is 150 cm³/mol. The van der Waals surface area contributed by atoms with Gasteiger partial charge in [0.15, 0.2) is 17.4 Å². The maximum atomic E-state index is 15.5. The summed E-state index contributed by atoms with van der Waals surface area (Å²) in [6.07, 6.45) is 5.42. The first-order chi connectivity index (χ1) is 19.9. The Kier molecular flexibility index (Phi) is 6.86. The highest BCUT2D eigenvalue weighted by Gasteiger charge is 2.21. The molecule has 3 aromatic carbocycles. The number of rotatable bonds is 8. The first-order valence-electron chi connectivity index (χ1n) is 13.3. The zero-order chi connectivity index (χ0) is 28.7. The Morgan fingerprint density at radius 3 is 2.73 bits per heavy atom. The third-order valence-corrected chi connectivity index (χ3v) is 7.34. The first kappa shape index (κ1) is 26.4. The Morgan fingerprint density at radius 2 is 1.90 bits per heavy atom. The summed E-state index contributed by atoms with van der Waals surface area (Å²) in [7, 11) is 0. The van der Waals surface area contributed by atoms with Crippen molar-refractivity contribution in [3.63, 3.8) is 0 Å². The Labute approximate surface area is 233 Å². The number of ether oxygens (including phenoxy) is 2. The number of carbonyl (C=O) groups excluding carboxylic acids is 1. The molecule has 0 bridgehead atoms. The molecule has 6 nitrogen and oxygen atoms in total. The van der Waals surface area contributed by atoms with E-state index >= 15 is 4.39 Å². The maximum Gasteiger partial charge on any atom is 0.306 e. The summed E-state index contributed by atoms with van der Waals surface area (Å²) < 4.78 is 57.8. The average molecular weight is 558 g/mol. The van der Waals surface area contributed by atoms with Gasteiger partial charge >= 0.3 is 5.97 Å². The number of H-pyrrole nitrogens is 1. The number of nitrogens with zero attached hydrogens (tertiary/aromatic N) is 2. The highest BCUT2D eigenvalue weighted by Crippen LogP contribution is 2.35. The van der Waals surface area contributed by atoms with Crippen LogP contribution in [0.15, 0.2) is 73.2 Å².